The quantitative estimate of drug-likeness (QED) is 0.926. The fourth-order valence-electron chi connectivity index (χ4n) is 2.37. The summed E-state index contributed by atoms with van der Waals surface area (Å²) in [6.07, 6.45) is 0.0755. The zero-order valence-electron chi connectivity index (χ0n) is 12.1. The maximum Gasteiger partial charge on any atom is 0.226 e. The van der Waals surface area contributed by atoms with Crippen molar-refractivity contribution in [1.29, 1.82) is 0 Å². The third-order valence-electron chi connectivity index (χ3n) is 3.37. The number of rotatable bonds is 4. The van der Waals surface area contributed by atoms with Gasteiger partial charge in [-0.2, -0.15) is 0 Å². The van der Waals surface area contributed by atoms with Gasteiger partial charge in [0.25, 0.3) is 0 Å². The lowest BCUT2D eigenvalue weighted by molar-refractivity contribution is -0.139. The van der Waals surface area contributed by atoms with E-state index in [0.29, 0.717) is 24.4 Å². The number of hydrogen-bond donors (Lipinski definition) is 1. The van der Waals surface area contributed by atoms with E-state index in [1.54, 1.807) is 0 Å². The van der Waals surface area contributed by atoms with Crippen molar-refractivity contribution in [3.63, 3.8) is 0 Å². The van der Waals surface area contributed by atoms with Gasteiger partial charge in [-0.3, -0.25) is 4.79 Å². The maximum atomic E-state index is 12.0. The summed E-state index contributed by atoms with van der Waals surface area (Å²) in [5, 5.41) is 7.66. The Morgan fingerprint density at radius 3 is 3.00 bits per heavy atom. The molecule has 0 bridgehead atoms. The topological polar surface area (TPSA) is 73.6 Å². The average Bonchev–Trinajstić information content (AvgIpc) is 3.01. The van der Waals surface area contributed by atoms with Gasteiger partial charge in [-0.25, -0.2) is 0 Å². The van der Waals surface area contributed by atoms with Gasteiger partial charge in [-0.1, -0.05) is 17.3 Å². The zero-order chi connectivity index (χ0) is 14.9. The molecule has 1 atom stereocenters. The predicted octanol–water partition coefficient (Wildman–Crippen LogP) is 1.64. The highest BCUT2D eigenvalue weighted by molar-refractivity contribution is 5.86. The summed E-state index contributed by atoms with van der Waals surface area (Å²) in [4.78, 5) is 12.0. The molecule has 1 aromatic carbocycles. The van der Waals surface area contributed by atoms with Crippen molar-refractivity contribution >= 4 is 16.9 Å². The Morgan fingerprint density at radius 1 is 1.43 bits per heavy atom. The van der Waals surface area contributed by atoms with E-state index in [4.69, 9.17) is 14.0 Å². The van der Waals surface area contributed by atoms with Crippen molar-refractivity contribution in [1.82, 2.24) is 10.5 Å². The number of benzene rings is 1. The number of nitrogens with one attached hydrogen (secondary N) is 1. The molecule has 0 spiro atoms. The highest BCUT2D eigenvalue weighted by Crippen LogP contribution is 2.22. The maximum absolute atomic E-state index is 12.0. The lowest BCUT2D eigenvalue weighted by Gasteiger charge is -2.17. The molecule has 1 aromatic heterocycles. The molecule has 1 aliphatic rings. The standard InChI is InChI=1S/C15H18N2O4/c1-15(2)19-9-10(20-15)8-16-14(18)7-12-11-5-3-4-6-13(11)21-17-12/h3-6,10H,7-9H2,1-2H3,(H,16,18). The first-order valence-electron chi connectivity index (χ1n) is 6.95. The van der Waals surface area contributed by atoms with Crippen molar-refractivity contribution in [2.75, 3.05) is 13.2 Å². The number of para-hydroxylation sites is 1. The van der Waals surface area contributed by atoms with E-state index >= 15 is 0 Å². The SMILES string of the molecule is CC1(C)OCC(CNC(=O)Cc2noc3ccccc23)O1. The molecule has 21 heavy (non-hydrogen) atoms. The fourth-order valence-corrected chi connectivity index (χ4v) is 2.37. The van der Waals surface area contributed by atoms with Crippen molar-refractivity contribution < 1.29 is 18.8 Å². The Kier molecular flexibility index (Phi) is 3.65. The number of aromatic nitrogens is 1. The summed E-state index contributed by atoms with van der Waals surface area (Å²) in [7, 11) is 0. The minimum absolute atomic E-state index is 0.109. The Morgan fingerprint density at radius 2 is 2.24 bits per heavy atom. The van der Waals surface area contributed by atoms with Crippen LogP contribution in [0.2, 0.25) is 0 Å². The lowest BCUT2D eigenvalue weighted by atomic mass is 10.1. The zero-order valence-corrected chi connectivity index (χ0v) is 12.1. The van der Waals surface area contributed by atoms with E-state index in [0.717, 1.165) is 5.39 Å². The van der Waals surface area contributed by atoms with Gasteiger partial charge in [0.1, 0.15) is 11.8 Å². The van der Waals surface area contributed by atoms with Crippen LogP contribution in [0.3, 0.4) is 0 Å². The van der Waals surface area contributed by atoms with Crippen LogP contribution >= 0.6 is 0 Å². The van der Waals surface area contributed by atoms with Crippen LogP contribution in [0.4, 0.5) is 0 Å². The van der Waals surface area contributed by atoms with Crippen LogP contribution < -0.4 is 5.32 Å². The van der Waals surface area contributed by atoms with E-state index in [1.165, 1.54) is 0 Å². The molecule has 1 N–H and O–H groups in total. The number of fused-ring (bicyclic) bond motifs is 1. The monoisotopic (exact) mass is 290 g/mol. The lowest BCUT2D eigenvalue weighted by Crippen LogP contribution is -2.35. The molecule has 1 unspecified atom stereocenters. The first-order chi connectivity index (χ1) is 10.0. The molecule has 0 radical (unpaired) electrons. The van der Waals surface area contributed by atoms with Gasteiger partial charge in [0, 0.05) is 11.9 Å². The first-order valence-corrected chi connectivity index (χ1v) is 6.95. The molecule has 6 nitrogen and oxygen atoms in total. The van der Waals surface area contributed by atoms with Crippen LogP contribution in [0.15, 0.2) is 28.8 Å². The second kappa shape index (κ2) is 5.46. The van der Waals surface area contributed by atoms with Gasteiger partial charge < -0.3 is 19.3 Å². The fraction of sp³-hybridized carbons (Fsp3) is 0.467. The van der Waals surface area contributed by atoms with Crippen molar-refractivity contribution in [3.05, 3.63) is 30.0 Å². The molecule has 2 aromatic rings. The van der Waals surface area contributed by atoms with Crippen LogP contribution in [0.5, 0.6) is 0 Å². The molecule has 2 heterocycles. The van der Waals surface area contributed by atoms with Gasteiger partial charge in [-0.05, 0) is 26.0 Å². The number of ether oxygens (including phenoxy) is 2. The highest BCUT2D eigenvalue weighted by Gasteiger charge is 2.32. The van der Waals surface area contributed by atoms with Crippen molar-refractivity contribution in [3.8, 4) is 0 Å². The predicted molar refractivity (Wildman–Crippen MR) is 75.6 cm³/mol. The second-order valence-electron chi connectivity index (χ2n) is 5.56. The molecule has 1 saturated heterocycles. The summed E-state index contributed by atoms with van der Waals surface area (Å²) in [6.45, 7) is 4.63. The van der Waals surface area contributed by atoms with Crippen LogP contribution in [0, 0.1) is 0 Å². The van der Waals surface area contributed by atoms with Crippen LogP contribution in [-0.2, 0) is 20.7 Å². The first kappa shape index (κ1) is 14.0. The minimum atomic E-state index is -0.572. The molecule has 112 valence electrons. The molecule has 1 amide bonds. The van der Waals surface area contributed by atoms with E-state index in [9.17, 15) is 4.79 Å². The average molecular weight is 290 g/mol. The molecule has 0 saturated carbocycles. The molecular formula is C15H18N2O4. The van der Waals surface area contributed by atoms with Crippen LogP contribution in [0.1, 0.15) is 19.5 Å². The summed E-state index contributed by atoms with van der Waals surface area (Å²) in [5.74, 6) is -0.681. The number of hydrogen-bond acceptors (Lipinski definition) is 5. The summed E-state index contributed by atoms with van der Waals surface area (Å²) < 4.78 is 16.3. The highest BCUT2D eigenvalue weighted by atomic mass is 16.7. The third-order valence-corrected chi connectivity index (χ3v) is 3.37. The Labute approximate surface area is 122 Å². The van der Waals surface area contributed by atoms with Gasteiger partial charge in [0.15, 0.2) is 11.4 Å². The van der Waals surface area contributed by atoms with E-state index in [1.807, 2.05) is 38.1 Å². The van der Waals surface area contributed by atoms with E-state index in [2.05, 4.69) is 10.5 Å². The van der Waals surface area contributed by atoms with Crippen molar-refractivity contribution in [2.24, 2.45) is 0 Å². The Hall–Kier alpha value is -1.92. The van der Waals surface area contributed by atoms with E-state index in [-0.39, 0.29) is 18.4 Å². The number of carbonyl (C=O) groups is 1. The molecule has 1 aliphatic heterocycles. The van der Waals surface area contributed by atoms with Gasteiger partial charge in [0.2, 0.25) is 5.91 Å². The summed E-state index contributed by atoms with van der Waals surface area (Å²) in [6, 6.07) is 7.49. The van der Waals surface area contributed by atoms with Gasteiger partial charge in [-0.15, -0.1) is 0 Å². The molecule has 6 heteroatoms. The summed E-state index contributed by atoms with van der Waals surface area (Å²) >= 11 is 0. The smallest absolute Gasteiger partial charge is 0.226 e. The number of amides is 1. The molecule has 3 rings (SSSR count). The molecule has 1 fully saturated rings. The van der Waals surface area contributed by atoms with Crippen LogP contribution in [-0.4, -0.2) is 36.1 Å². The molecular weight excluding hydrogens is 272 g/mol. The number of nitrogens with zero attached hydrogens (tertiary/aromatic N) is 1. The second-order valence-corrected chi connectivity index (χ2v) is 5.56. The third kappa shape index (κ3) is 3.22. The largest absolute Gasteiger partial charge is 0.356 e. The van der Waals surface area contributed by atoms with Crippen molar-refractivity contribution in [2.45, 2.75) is 32.2 Å². The van der Waals surface area contributed by atoms with E-state index < -0.39 is 5.79 Å². The number of carbonyl (C=O) groups excluding carboxylic acids is 1. The van der Waals surface area contributed by atoms with Gasteiger partial charge in [0.05, 0.1) is 13.0 Å². The Bertz CT molecular complexity index is 650. The normalized spacial score (nSPS) is 20.8. The molecule has 0 aliphatic carbocycles. The Balaban J connectivity index is 1.55. The van der Waals surface area contributed by atoms with Crippen LogP contribution in [0.25, 0.3) is 11.0 Å². The minimum Gasteiger partial charge on any atom is -0.356 e. The van der Waals surface area contributed by atoms with Gasteiger partial charge >= 0.3 is 0 Å². The summed E-state index contributed by atoms with van der Waals surface area (Å²) in [5.41, 5.74) is 1.33.